The monoisotopic (exact) mass is 494 g/mol. The summed E-state index contributed by atoms with van der Waals surface area (Å²) in [6.45, 7) is 8.40. The van der Waals surface area contributed by atoms with Crippen molar-refractivity contribution >= 4 is 11.7 Å². The third-order valence-electron chi connectivity index (χ3n) is 7.42. The molecule has 1 amide bonds. The van der Waals surface area contributed by atoms with Crippen molar-refractivity contribution in [3.05, 3.63) is 47.2 Å². The Labute approximate surface area is 213 Å². The summed E-state index contributed by atoms with van der Waals surface area (Å²) >= 11 is 0. The van der Waals surface area contributed by atoms with Crippen LogP contribution in [0.5, 0.6) is 6.01 Å². The van der Waals surface area contributed by atoms with E-state index in [4.69, 9.17) is 4.74 Å². The molecule has 0 bridgehead atoms. The van der Waals surface area contributed by atoms with Crippen molar-refractivity contribution < 1.29 is 14.6 Å². The van der Waals surface area contributed by atoms with Gasteiger partial charge in [0.15, 0.2) is 0 Å². The Morgan fingerprint density at radius 2 is 1.92 bits per heavy atom. The van der Waals surface area contributed by atoms with Crippen LogP contribution in [0.25, 0.3) is 0 Å². The molecule has 2 aromatic rings. The fourth-order valence-corrected chi connectivity index (χ4v) is 5.54. The minimum absolute atomic E-state index is 0.0461. The minimum atomic E-state index is -0.603. The van der Waals surface area contributed by atoms with Crippen LogP contribution in [0, 0.1) is 0 Å². The van der Waals surface area contributed by atoms with E-state index in [0.717, 1.165) is 51.9 Å². The topological polar surface area (TPSA) is 103 Å². The molecule has 194 valence electrons. The number of amides is 1. The smallest absolute Gasteiger partial charge is 0.319 e. The number of rotatable bonds is 6. The number of anilines is 1. The summed E-state index contributed by atoms with van der Waals surface area (Å²) in [6.07, 6.45) is 3.01. The zero-order chi connectivity index (χ0) is 25.1. The molecule has 0 spiro atoms. The molecule has 3 N–H and O–H groups in total. The number of hydrogen-bond donors (Lipinski definition) is 3. The number of aliphatic hydroxyl groups is 1. The molecular weight excluding hydrogens is 456 g/mol. The summed E-state index contributed by atoms with van der Waals surface area (Å²) in [5.41, 5.74) is 3.03. The van der Waals surface area contributed by atoms with Crippen molar-refractivity contribution in [3.63, 3.8) is 0 Å². The van der Waals surface area contributed by atoms with Crippen molar-refractivity contribution in [2.24, 2.45) is 0 Å². The van der Waals surface area contributed by atoms with Crippen LogP contribution in [0.4, 0.5) is 5.82 Å². The van der Waals surface area contributed by atoms with Gasteiger partial charge in [-0.25, -0.2) is 0 Å². The SMILES string of the molecule is CC(C)Oc1nc(NC2CCNCC2)cc(C(=O)N2CC[C@@H](N3CCc4ccccc4C3)[C@H](O)C2)n1. The molecule has 9 heteroatoms. The Hall–Kier alpha value is -2.75. The summed E-state index contributed by atoms with van der Waals surface area (Å²) in [7, 11) is 0. The molecule has 5 rings (SSSR count). The molecule has 1 aromatic heterocycles. The number of fused-ring (bicyclic) bond motifs is 1. The first-order valence-corrected chi connectivity index (χ1v) is 13.3. The van der Waals surface area contributed by atoms with Crippen molar-refractivity contribution in [1.29, 1.82) is 0 Å². The van der Waals surface area contributed by atoms with Crippen molar-refractivity contribution in [1.82, 2.24) is 25.1 Å². The van der Waals surface area contributed by atoms with Gasteiger partial charge < -0.3 is 25.4 Å². The molecule has 3 aliphatic rings. The summed E-state index contributed by atoms with van der Waals surface area (Å²) in [5.74, 6) is 0.416. The minimum Gasteiger partial charge on any atom is -0.461 e. The highest BCUT2D eigenvalue weighted by Crippen LogP contribution is 2.26. The number of aliphatic hydroxyl groups excluding tert-OH is 1. The summed E-state index contributed by atoms with van der Waals surface area (Å²) in [5, 5.41) is 17.9. The third-order valence-corrected chi connectivity index (χ3v) is 7.42. The molecule has 2 atom stereocenters. The Morgan fingerprint density at radius 1 is 1.14 bits per heavy atom. The van der Waals surface area contributed by atoms with E-state index < -0.39 is 6.10 Å². The highest BCUT2D eigenvalue weighted by molar-refractivity contribution is 5.93. The van der Waals surface area contributed by atoms with Gasteiger partial charge in [0.05, 0.1) is 12.2 Å². The molecule has 0 radical (unpaired) electrons. The van der Waals surface area contributed by atoms with Crippen molar-refractivity contribution in [2.75, 3.05) is 38.0 Å². The number of hydrogen-bond acceptors (Lipinski definition) is 8. The Bertz CT molecular complexity index is 1060. The molecule has 0 unspecified atom stereocenters. The predicted molar refractivity (Wildman–Crippen MR) is 138 cm³/mol. The number of benzene rings is 1. The van der Waals surface area contributed by atoms with Gasteiger partial charge in [-0.15, -0.1) is 0 Å². The number of carbonyl (C=O) groups is 1. The maximum atomic E-state index is 13.5. The van der Waals surface area contributed by atoms with Gasteiger partial charge in [0.2, 0.25) is 0 Å². The first kappa shape index (κ1) is 24.9. The zero-order valence-corrected chi connectivity index (χ0v) is 21.3. The first-order valence-electron chi connectivity index (χ1n) is 13.3. The molecule has 4 heterocycles. The maximum Gasteiger partial charge on any atom is 0.319 e. The van der Waals surface area contributed by atoms with Gasteiger partial charge in [0.25, 0.3) is 5.91 Å². The van der Waals surface area contributed by atoms with E-state index in [1.54, 1.807) is 11.0 Å². The average Bonchev–Trinajstić information content (AvgIpc) is 2.88. The van der Waals surface area contributed by atoms with E-state index in [1.807, 2.05) is 13.8 Å². The predicted octanol–water partition coefficient (Wildman–Crippen LogP) is 2.06. The number of carbonyl (C=O) groups excluding carboxylic acids is 1. The fourth-order valence-electron chi connectivity index (χ4n) is 5.54. The van der Waals surface area contributed by atoms with Crippen molar-refractivity contribution in [2.45, 2.75) is 70.4 Å². The molecule has 36 heavy (non-hydrogen) atoms. The van der Waals surface area contributed by atoms with E-state index in [2.05, 4.69) is 49.8 Å². The Balaban J connectivity index is 1.27. The van der Waals surface area contributed by atoms with Gasteiger partial charge >= 0.3 is 6.01 Å². The van der Waals surface area contributed by atoms with Gasteiger partial charge in [0.1, 0.15) is 11.5 Å². The fraction of sp³-hybridized carbons (Fsp3) is 0.593. The van der Waals surface area contributed by atoms with E-state index in [9.17, 15) is 9.90 Å². The number of nitrogens with one attached hydrogen (secondary N) is 2. The molecule has 0 aliphatic carbocycles. The summed E-state index contributed by atoms with van der Waals surface area (Å²) in [4.78, 5) is 26.5. The van der Waals surface area contributed by atoms with E-state index in [0.29, 0.717) is 30.6 Å². The van der Waals surface area contributed by atoms with Crippen LogP contribution in [0.2, 0.25) is 0 Å². The lowest BCUT2D eigenvalue weighted by Gasteiger charge is -2.43. The van der Waals surface area contributed by atoms with Crippen LogP contribution in [-0.4, -0.2) is 87.8 Å². The first-order chi connectivity index (χ1) is 17.5. The van der Waals surface area contributed by atoms with Gasteiger partial charge in [-0.3, -0.25) is 9.69 Å². The maximum absolute atomic E-state index is 13.5. The second kappa shape index (κ2) is 11.1. The quantitative estimate of drug-likeness (QED) is 0.561. The molecule has 1 aromatic carbocycles. The molecule has 3 aliphatic heterocycles. The normalized spacial score (nSPS) is 23.4. The zero-order valence-electron chi connectivity index (χ0n) is 21.3. The van der Waals surface area contributed by atoms with Gasteiger partial charge in [-0.2, -0.15) is 9.97 Å². The Morgan fingerprint density at radius 3 is 2.67 bits per heavy atom. The van der Waals surface area contributed by atoms with Crippen LogP contribution < -0.4 is 15.4 Å². The average molecular weight is 495 g/mol. The number of ether oxygens (including phenoxy) is 1. The number of likely N-dealkylation sites (tertiary alicyclic amines) is 1. The molecular formula is C27H38N6O3. The molecule has 2 fully saturated rings. The van der Waals surface area contributed by atoms with Crippen LogP contribution in [0.3, 0.4) is 0 Å². The Kier molecular flexibility index (Phi) is 7.69. The van der Waals surface area contributed by atoms with Gasteiger partial charge in [-0.05, 0) is 63.7 Å². The lowest BCUT2D eigenvalue weighted by molar-refractivity contribution is -0.0139. The van der Waals surface area contributed by atoms with E-state index in [1.165, 1.54) is 11.1 Å². The molecule has 0 saturated carbocycles. The van der Waals surface area contributed by atoms with Crippen LogP contribution >= 0.6 is 0 Å². The van der Waals surface area contributed by atoms with Crippen LogP contribution in [0.1, 0.15) is 54.7 Å². The largest absolute Gasteiger partial charge is 0.461 e. The van der Waals surface area contributed by atoms with Crippen molar-refractivity contribution in [3.8, 4) is 6.01 Å². The highest BCUT2D eigenvalue weighted by Gasteiger charge is 2.36. The second-order valence-electron chi connectivity index (χ2n) is 10.4. The van der Waals surface area contributed by atoms with E-state index in [-0.39, 0.29) is 24.1 Å². The summed E-state index contributed by atoms with van der Waals surface area (Å²) in [6, 6.07) is 10.8. The highest BCUT2D eigenvalue weighted by atomic mass is 16.5. The standard InChI is InChI=1S/C27H38N6O3/c1-18(2)36-27-30-22(15-25(31-27)29-21-7-11-28-12-8-21)26(35)33-14-10-23(24(34)17-33)32-13-9-19-5-3-4-6-20(19)16-32/h3-6,15,18,21,23-24,28,34H,7-14,16-17H2,1-2H3,(H,29,30,31)/t23-,24-/m1/s1. The van der Waals surface area contributed by atoms with Crippen LogP contribution in [-0.2, 0) is 13.0 Å². The summed E-state index contributed by atoms with van der Waals surface area (Å²) < 4.78 is 5.77. The number of nitrogens with zero attached hydrogens (tertiary/aromatic N) is 4. The molecule has 2 saturated heterocycles. The lowest BCUT2D eigenvalue weighted by atomic mass is 9.94. The van der Waals surface area contributed by atoms with Gasteiger partial charge in [0, 0.05) is 44.3 Å². The number of aromatic nitrogens is 2. The lowest BCUT2D eigenvalue weighted by Crippen LogP contribution is -2.56. The second-order valence-corrected chi connectivity index (χ2v) is 10.4. The third kappa shape index (κ3) is 5.79. The van der Waals surface area contributed by atoms with Gasteiger partial charge in [-0.1, -0.05) is 24.3 Å². The molecule has 9 nitrogen and oxygen atoms in total. The van der Waals surface area contributed by atoms with E-state index >= 15 is 0 Å². The number of piperidine rings is 2. The van der Waals surface area contributed by atoms with Crippen LogP contribution in [0.15, 0.2) is 30.3 Å². The number of β-amino-alcohol motifs (C(OH)–C–C–N with tert-alkyl or cyclic N) is 1.